The number of carboxylic acids is 1. The van der Waals surface area contributed by atoms with Crippen LogP contribution < -0.4 is 5.73 Å². The smallest absolute Gasteiger partial charge is 0.404 e. The van der Waals surface area contributed by atoms with E-state index in [0.29, 0.717) is 30.2 Å². The molecule has 0 aliphatic carbocycles. The molecule has 180 valence electrons. The van der Waals surface area contributed by atoms with Crippen molar-refractivity contribution in [1.29, 1.82) is 0 Å². The number of amides is 1. The molecule has 3 N–H and O–H groups in total. The molecule has 0 radical (unpaired) electrons. The fraction of sp³-hybridized carbons (Fsp3) is 0.429. The van der Waals surface area contributed by atoms with Crippen LogP contribution in [0.25, 0.3) is 0 Å². The molecule has 0 bridgehead atoms. The number of nitrogens with two attached hydrogens (primary N) is 1. The van der Waals surface area contributed by atoms with Crippen LogP contribution in [-0.4, -0.2) is 74.6 Å². The highest BCUT2D eigenvalue weighted by Gasteiger charge is 2.26. The summed E-state index contributed by atoms with van der Waals surface area (Å²) in [5.41, 5.74) is 6.26. The number of aryl methyl sites for hydroxylation is 1. The normalized spacial score (nSPS) is 16.2. The van der Waals surface area contributed by atoms with Gasteiger partial charge in [0.05, 0.1) is 44.4 Å². The van der Waals surface area contributed by atoms with Crippen molar-refractivity contribution in [1.82, 2.24) is 0 Å². The van der Waals surface area contributed by atoms with Gasteiger partial charge >= 0.3 is 12.1 Å². The van der Waals surface area contributed by atoms with Crippen molar-refractivity contribution in [3.63, 3.8) is 0 Å². The third-order valence-electron chi connectivity index (χ3n) is 3.41. The van der Waals surface area contributed by atoms with Crippen molar-refractivity contribution >= 4 is 35.6 Å². The average Bonchev–Trinajstić information content (AvgIpc) is 3.68. The number of nitrogens with zero attached hydrogens (tertiary/aromatic N) is 2. The van der Waals surface area contributed by atoms with Crippen molar-refractivity contribution in [2.45, 2.75) is 26.1 Å². The molecule has 0 spiro atoms. The molecule has 1 aromatic rings. The molecule has 12 heteroatoms. The van der Waals surface area contributed by atoms with Gasteiger partial charge in [-0.3, -0.25) is 0 Å². The maximum Gasteiger partial charge on any atom is 0.404 e. The van der Waals surface area contributed by atoms with Crippen LogP contribution in [0.1, 0.15) is 12.5 Å². The lowest BCUT2D eigenvalue weighted by atomic mass is 10.2. The van der Waals surface area contributed by atoms with Gasteiger partial charge in [0.1, 0.15) is 12.2 Å². The van der Waals surface area contributed by atoms with Crippen LogP contribution in [0.3, 0.4) is 0 Å². The lowest BCUT2D eigenvalue weighted by Crippen LogP contribution is -2.11. The molecule has 2 atom stereocenters. The Bertz CT molecular complexity index is 843. The summed E-state index contributed by atoms with van der Waals surface area (Å²) in [6.07, 6.45) is 3.74. The molecule has 2 unspecified atom stereocenters. The van der Waals surface area contributed by atoms with Gasteiger partial charge in [-0.15, -0.1) is 0 Å². The second-order valence-corrected chi connectivity index (χ2v) is 6.12. The van der Waals surface area contributed by atoms with Crippen LogP contribution in [-0.2, 0) is 33.3 Å². The largest absolute Gasteiger partial charge is 0.478 e. The third kappa shape index (κ3) is 18.8. The van der Waals surface area contributed by atoms with Crippen molar-refractivity contribution < 1.29 is 43.2 Å². The lowest BCUT2D eigenvalue weighted by Gasteiger charge is -1.97. The molecule has 0 aromatic heterocycles. The number of aliphatic carboxylic acids is 1. The van der Waals surface area contributed by atoms with Gasteiger partial charge in [-0.25, -0.2) is 19.2 Å². The Labute approximate surface area is 190 Å². The van der Waals surface area contributed by atoms with E-state index in [1.54, 1.807) is 26.0 Å². The van der Waals surface area contributed by atoms with Crippen LogP contribution in [0.15, 0.2) is 40.8 Å². The van der Waals surface area contributed by atoms with Gasteiger partial charge < -0.3 is 29.8 Å². The quantitative estimate of drug-likeness (QED) is 0.251. The number of epoxide rings is 2. The van der Waals surface area contributed by atoms with Crippen molar-refractivity contribution in [2.75, 3.05) is 33.0 Å². The summed E-state index contributed by atoms with van der Waals surface area (Å²) in [4.78, 5) is 45.6. The van der Waals surface area contributed by atoms with Gasteiger partial charge in [-0.05, 0) is 31.5 Å². The molecular formula is C21H27N3O9. The molecule has 1 amide bonds. The van der Waals surface area contributed by atoms with E-state index in [-0.39, 0.29) is 0 Å². The van der Waals surface area contributed by atoms with Crippen LogP contribution in [0.2, 0.25) is 0 Å². The fourth-order valence-electron chi connectivity index (χ4n) is 1.69. The number of ether oxygens (including phenoxy) is 4. The zero-order chi connectivity index (χ0) is 25.1. The van der Waals surface area contributed by atoms with Gasteiger partial charge in [-0.2, -0.15) is 9.98 Å². The number of hydrogen-bond donors (Lipinski definition) is 2. The monoisotopic (exact) mass is 465 g/mol. The topological polar surface area (TPSA) is 183 Å². The number of hydrogen-bond acceptors (Lipinski definition) is 10. The number of carbonyl (C=O) groups is 2. The minimum Gasteiger partial charge on any atom is -0.478 e. The number of benzene rings is 1. The Balaban J connectivity index is 0.000000446. The lowest BCUT2D eigenvalue weighted by molar-refractivity contribution is -0.131. The van der Waals surface area contributed by atoms with E-state index in [2.05, 4.69) is 27.0 Å². The van der Waals surface area contributed by atoms with E-state index in [4.69, 9.17) is 19.3 Å². The van der Waals surface area contributed by atoms with E-state index in [0.717, 1.165) is 38.1 Å². The maximum atomic E-state index is 10.00. The summed E-state index contributed by atoms with van der Waals surface area (Å²) in [6.45, 7) is 10.1. The molecule has 2 saturated heterocycles. The Morgan fingerprint density at radius 1 is 1.21 bits per heavy atom. The Kier molecular flexibility index (Phi) is 16.0. The summed E-state index contributed by atoms with van der Waals surface area (Å²) < 4.78 is 19.3. The second-order valence-electron chi connectivity index (χ2n) is 6.12. The van der Waals surface area contributed by atoms with Crippen LogP contribution in [0.5, 0.6) is 0 Å². The predicted octanol–water partition coefficient (Wildman–Crippen LogP) is 2.09. The Morgan fingerprint density at radius 2 is 1.73 bits per heavy atom. The Hall–Kier alpha value is -3.66. The van der Waals surface area contributed by atoms with E-state index in [1.807, 2.05) is 0 Å². The number of rotatable bonds is 8. The second kappa shape index (κ2) is 18.0. The molecule has 2 fully saturated rings. The molecule has 0 saturated carbocycles. The number of aliphatic imine (C=N–C) groups is 2. The van der Waals surface area contributed by atoms with Gasteiger partial charge in [0, 0.05) is 6.08 Å². The molecule has 3 rings (SSSR count). The minimum atomic E-state index is -0.981. The molecule has 2 aliphatic heterocycles. The molecule has 12 nitrogen and oxygen atoms in total. The van der Waals surface area contributed by atoms with Gasteiger partial charge in [0.15, 0.2) is 0 Å². The third-order valence-corrected chi connectivity index (χ3v) is 3.41. The number of carbonyl (C=O) groups excluding carboxylic acids is 3. The highest BCUT2D eigenvalue weighted by atomic mass is 16.6. The number of primary amides is 1. The molecule has 33 heavy (non-hydrogen) atoms. The predicted molar refractivity (Wildman–Crippen MR) is 116 cm³/mol. The minimum absolute atomic E-state index is 0.356. The molecule has 2 aliphatic rings. The highest BCUT2D eigenvalue weighted by molar-refractivity contribution is 5.78. The summed E-state index contributed by atoms with van der Waals surface area (Å²) in [5, 5.41) is 7.60. The van der Waals surface area contributed by atoms with Gasteiger partial charge in [0.25, 0.3) is 0 Å². The zero-order valence-electron chi connectivity index (χ0n) is 18.4. The van der Waals surface area contributed by atoms with Crippen LogP contribution in [0, 0.1) is 6.92 Å². The average molecular weight is 465 g/mol. The van der Waals surface area contributed by atoms with Gasteiger partial charge in [0.2, 0.25) is 12.2 Å². The molecular weight excluding hydrogens is 438 g/mol. The molecule has 2 heterocycles. The van der Waals surface area contributed by atoms with Crippen molar-refractivity contribution in [2.24, 2.45) is 15.7 Å². The standard InChI is InChI=1S/C9H6N2O2.C6H10O3.C3H7NO2.C3H4O2/c1-7-2-3-8(10-5-12)4-9(7)11-6-13;1(5-3-8-5)7-2-6-4-9-6;1-2-6-3(4)5;1-2-3(4)5/h2-4H,1H3;5-6H,1-4H2;2H2,1H3,(H2,4,5);2H,1H2,(H,4,5). The SMILES string of the molecule is C(OCC1CO1)C1CO1.C=CC(=O)O.CCOC(N)=O.Cc1ccc(N=C=O)cc1N=C=O. The first-order valence-electron chi connectivity index (χ1n) is 9.62. The molecule has 1 aromatic carbocycles. The van der Waals surface area contributed by atoms with Crippen molar-refractivity contribution in [3.05, 3.63) is 36.4 Å². The number of isocyanates is 2. The van der Waals surface area contributed by atoms with E-state index < -0.39 is 12.1 Å². The first-order chi connectivity index (χ1) is 15.8. The summed E-state index contributed by atoms with van der Waals surface area (Å²) >= 11 is 0. The highest BCUT2D eigenvalue weighted by Crippen LogP contribution is 2.23. The Morgan fingerprint density at radius 3 is 2.06 bits per heavy atom. The van der Waals surface area contributed by atoms with Crippen LogP contribution in [0.4, 0.5) is 16.2 Å². The number of carboxylic acid groups (broad SMARTS) is 1. The first-order valence-corrected chi connectivity index (χ1v) is 9.62. The van der Waals surface area contributed by atoms with Crippen LogP contribution >= 0.6 is 0 Å². The summed E-state index contributed by atoms with van der Waals surface area (Å²) in [7, 11) is 0. The van der Waals surface area contributed by atoms with E-state index in [9.17, 15) is 19.2 Å². The maximum absolute atomic E-state index is 10.00. The van der Waals surface area contributed by atoms with Gasteiger partial charge in [-0.1, -0.05) is 12.6 Å². The summed E-state index contributed by atoms with van der Waals surface area (Å²) in [5.74, 6) is -0.981. The summed E-state index contributed by atoms with van der Waals surface area (Å²) in [6, 6.07) is 4.88. The van der Waals surface area contributed by atoms with E-state index >= 15 is 0 Å². The zero-order valence-corrected chi connectivity index (χ0v) is 18.4. The fourth-order valence-corrected chi connectivity index (χ4v) is 1.69. The first kappa shape index (κ1) is 29.3. The van der Waals surface area contributed by atoms with E-state index in [1.165, 1.54) is 18.2 Å². The van der Waals surface area contributed by atoms with Crippen molar-refractivity contribution in [3.8, 4) is 0 Å².